The van der Waals surface area contributed by atoms with Crippen molar-refractivity contribution in [3.8, 4) is 0 Å². The number of ether oxygens (including phenoxy) is 1. The number of carbonyl (C=O) groups excluding carboxylic acids is 1. The van der Waals surface area contributed by atoms with Gasteiger partial charge >= 0.3 is 5.97 Å². The summed E-state index contributed by atoms with van der Waals surface area (Å²) >= 11 is 2.15. The van der Waals surface area contributed by atoms with E-state index in [4.69, 9.17) is 4.74 Å². The van der Waals surface area contributed by atoms with Crippen LogP contribution in [0, 0.1) is 0 Å². The molecule has 0 radical (unpaired) electrons. The highest BCUT2D eigenvalue weighted by Crippen LogP contribution is 2.16. The van der Waals surface area contributed by atoms with Gasteiger partial charge in [-0.05, 0) is 29.0 Å². The van der Waals surface area contributed by atoms with E-state index >= 15 is 0 Å². The molecule has 148 valence electrons. The maximum Gasteiger partial charge on any atom is 0.307 e. The molecule has 0 saturated heterocycles. The van der Waals surface area contributed by atoms with E-state index in [0.717, 1.165) is 18.6 Å². The second kappa shape index (κ2) is 20.3. The molecule has 0 amide bonds. The molecular weight excluding hydrogens is 423 g/mol. The van der Waals surface area contributed by atoms with Crippen LogP contribution in [0.3, 0.4) is 0 Å². The van der Waals surface area contributed by atoms with Gasteiger partial charge in [0.15, 0.2) is 0 Å². The number of rotatable bonds is 18. The molecule has 2 nitrogen and oxygen atoms in total. The molecule has 0 aromatic heterocycles. The van der Waals surface area contributed by atoms with E-state index in [1.54, 1.807) is 0 Å². The van der Waals surface area contributed by atoms with Crippen LogP contribution in [-0.4, -0.2) is 5.97 Å². The van der Waals surface area contributed by atoms with Crippen LogP contribution in [0.2, 0.25) is 0 Å². The number of halogens is 1. The minimum Gasteiger partial charge on any atom is -0.431 e. The average molecular weight is 464 g/mol. The van der Waals surface area contributed by atoms with Gasteiger partial charge in [-0.2, -0.15) is 0 Å². The molecule has 0 rings (SSSR count). The maximum atomic E-state index is 10.9. The lowest BCUT2D eigenvalue weighted by Gasteiger charge is -2.06. The van der Waals surface area contributed by atoms with Gasteiger partial charge in [-0.15, -0.1) is 0 Å². The highest BCUT2D eigenvalue weighted by Gasteiger charge is 2.01. The van der Waals surface area contributed by atoms with Crippen molar-refractivity contribution in [2.45, 2.75) is 123 Å². The highest BCUT2D eigenvalue weighted by atomic mass is 127. The van der Waals surface area contributed by atoms with Gasteiger partial charge in [-0.3, -0.25) is 4.79 Å². The fourth-order valence-electron chi connectivity index (χ4n) is 3.16. The first-order valence-electron chi connectivity index (χ1n) is 10.7. The monoisotopic (exact) mass is 464 g/mol. The summed E-state index contributed by atoms with van der Waals surface area (Å²) in [5, 5.41) is 0. The number of carbonyl (C=O) groups is 1. The average Bonchev–Trinajstić information content (AvgIpc) is 2.60. The van der Waals surface area contributed by atoms with Crippen LogP contribution in [-0.2, 0) is 9.53 Å². The van der Waals surface area contributed by atoms with Crippen LogP contribution >= 0.6 is 22.6 Å². The second-order valence-corrected chi connectivity index (χ2v) is 7.85. The van der Waals surface area contributed by atoms with Crippen molar-refractivity contribution >= 4 is 28.6 Å². The third kappa shape index (κ3) is 20.1. The molecule has 0 saturated carbocycles. The van der Waals surface area contributed by atoms with E-state index in [1.807, 2.05) is 4.08 Å². The van der Waals surface area contributed by atoms with Crippen molar-refractivity contribution in [2.24, 2.45) is 0 Å². The van der Waals surface area contributed by atoms with Gasteiger partial charge in [0.25, 0.3) is 0 Å². The third-order valence-corrected chi connectivity index (χ3v) is 5.37. The molecular formula is C22H41IO2. The Morgan fingerprint density at radius 3 is 1.40 bits per heavy atom. The summed E-state index contributed by atoms with van der Waals surface area (Å²) in [5.74, 6) is 0.609. The largest absolute Gasteiger partial charge is 0.431 e. The predicted octanol–water partition coefficient (Wildman–Crippen LogP) is 8.48. The molecule has 0 atom stereocenters. The number of hydrogen-bond donors (Lipinski definition) is 0. The van der Waals surface area contributed by atoms with E-state index in [1.165, 1.54) is 103 Å². The first kappa shape index (κ1) is 24.9. The third-order valence-electron chi connectivity index (χ3n) is 4.67. The molecule has 0 unspecified atom stereocenters. The first-order valence-corrected chi connectivity index (χ1v) is 11.9. The molecule has 0 heterocycles. The summed E-state index contributed by atoms with van der Waals surface area (Å²) < 4.78 is 7.02. The quantitative estimate of drug-likeness (QED) is 0.0880. The van der Waals surface area contributed by atoms with Crippen molar-refractivity contribution in [1.29, 1.82) is 0 Å². The SMILES string of the molecule is CCCCCCCCCCCCCCCCCC/C(=C/I)OC(C)=O. The van der Waals surface area contributed by atoms with Gasteiger partial charge in [0, 0.05) is 17.4 Å². The summed E-state index contributed by atoms with van der Waals surface area (Å²) in [4.78, 5) is 10.9. The zero-order valence-corrected chi connectivity index (χ0v) is 19.0. The van der Waals surface area contributed by atoms with E-state index in [0.29, 0.717) is 0 Å². The first-order chi connectivity index (χ1) is 12.2. The van der Waals surface area contributed by atoms with Crippen LogP contribution < -0.4 is 0 Å². The Kier molecular flexibility index (Phi) is 20.2. The highest BCUT2D eigenvalue weighted by molar-refractivity contribution is 14.1. The van der Waals surface area contributed by atoms with Crippen molar-refractivity contribution in [3.05, 3.63) is 9.84 Å². The van der Waals surface area contributed by atoms with Crippen molar-refractivity contribution < 1.29 is 9.53 Å². The topological polar surface area (TPSA) is 26.3 Å². The van der Waals surface area contributed by atoms with Crippen molar-refractivity contribution in [1.82, 2.24) is 0 Å². The normalized spacial score (nSPS) is 11.7. The summed E-state index contributed by atoms with van der Waals surface area (Å²) in [6, 6.07) is 0. The molecule has 0 fully saturated rings. The van der Waals surface area contributed by atoms with Crippen LogP contribution in [0.25, 0.3) is 0 Å². The Morgan fingerprint density at radius 1 is 0.720 bits per heavy atom. The maximum absolute atomic E-state index is 10.9. The standard InChI is InChI=1S/C22H41IO2/c1-3-4-5-6-7-8-9-10-11-12-13-14-15-16-17-18-19-22(20-23)25-21(2)24/h20H,3-19H2,1-2H3/b22-20-. The number of allylic oxidation sites excluding steroid dienone is 1. The minimum absolute atomic E-state index is 0.209. The van der Waals surface area contributed by atoms with Crippen molar-refractivity contribution in [3.63, 3.8) is 0 Å². The molecule has 0 aromatic carbocycles. The van der Waals surface area contributed by atoms with Gasteiger partial charge in [-0.25, -0.2) is 0 Å². The second-order valence-electron chi connectivity index (χ2n) is 7.22. The summed E-state index contributed by atoms with van der Waals surface area (Å²) in [7, 11) is 0. The smallest absolute Gasteiger partial charge is 0.307 e. The van der Waals surface area contributed by atoms with Crippen LogP contribution in [0.15, 0.2) is 9.84 Å². The zero-order valence-electron chi connectivity index (χ0n) is 16.8. The molecule has 0 bridgehead atoms. The number of esters is 1. The summed E-state index contributed by atoms with van der Waals surface area (Å²) in [5.41, 5.74) is 0. The molecule has 3 heteroatoms. The molecule has 0 N–H and O–H groups in total. The Labute approximate surface area is 170 Å². The summed E-state index contributed by atoms with van der Waals surface area (Å²) in [6.45, 7) is 3.75. The van der Waals surface area contributed by atoms with Gasteiger partial charge in [0.05, 0.1) is 0 Å². The van der Waals surface area contributed by atoms with Crippen LogP contribution in [0.5, 0.6) is 0 Å². The minimum atomic E-state index is -0.209. The molecule has 0 aliphatic carbocycles. The van der Waals surface area contributed by atoms with E-state index in [9.17, 15) is 4.79 Å². The van der Waals surface area contributed by atoms with Crippen LogP contribution in [0.1, 0.15) is 123 Å². The molecule has 0 aliphatic rings. The number of hydrogen-bond acceptors (Lipinski definition) is 2. The molecule has 0 aliphatic heterocycles. The summed E-state index contributed by atoms with van der Waals surface area (Å²) in [6.07, 6.45) is 23.0. The zero-order chi connectivity index (χ0) is 18.6. The Bertz CT molecular complexity index is 326. The Balaban J connectivity index is 3.17. The van der Waals surface area contributed by atoms with Crippen LogP contribution in [0.4, 0.5) is 0 Å². The van der Waals surface area contributed by atoms with E-state index in [2.05, 4.69) is 29.5 Å². The Morgan fingerprint density at radius 2 is 1.08 bits per heavy atom. The fraction of sp³-hybridized carbons (Fsp3) is 0.864. The lowest BCUT2D eigenvalue weighted by molar-refractivity contribution is -0.137. The lowest BCUT2D eigenvalue weighted by Crippen LogP contribution is -1.98. The Hall–Kier alpha value is -0.0600. The van der Waals surface area contributed by atoms with Gasteiger partial charge < -0.3 is 4.74 Å². The number of unbranched alkanes of at least 4 members (excludes halogenated alkanes) is 15. The van der Waals surface area contributed by atoms with Gasteiger partial charge in [-0.1, -0.05) is 103 Å². The lowest BCUT2D eigenvalue weighted by atomic mass is 10.0. The molecule has 0 spiro atoms. The van der Waals surface area contributed by atoms with E-state index in [-0.39, 0.29) is 5.97 Å². The van der Waals surface area contributed by atoms with E-state index < -0.39 is 0 Å². The molecule has 25 heavy (non-hydrogen) atoms. The fourth-order valence-corrected chi connectivity index (χ4v) is 3.60. The molecule has 0 aromatic rings. The van der Waals surface area contributed by atoms with Crippen molar-refractivity contribution in [2.75, 3.05) is 0 Å². The van der Waals surface area contributed by atoms with Gasteiger partial charge in [0.2, 0.25) is 0 Å². The predicted molar refractivity (Wildman–Crippen MR) is 118 cm³/mol. The van der Waals surface area contributed by atoms with Gasteiger partial charge in [0.1, 0.15) is 5.76 Å².